The lowest BCUT2D eigenvalue weighted by Gasteiger charge is -2.19. The molecule has 8 nitrogen and oxygen atoms in total. The Morgan fingerprint density at radius 1 is 1.09 bits per heavy atom. The SMILES string of the molecule is COc1ccccc1N1CC(C(=O)Nc2cccc(C(=O)NCc3ccccn3)c2)CC1=O. The molecule has 1 aliphatic rings. The fraction of sp³-hybridized carbons (Fsp3) is 0.200. The van der Waals surface area contributed by atoms with Crippen molar-refractivity contribution in [1.29, 1.82) is 0 Å². The molecule has 0 radical (unpaired) electrons. The number of pyridine rings is 1. The number of rotatable bonds is 7. The summed E-state index contributed by atoms with van der Waals surface area (Å²) in [5, 5.41) is 5.65. The first kappa shape index (κ1) is 22.0. The highest BCUT2D eigenvalue weighted by atomic mass is 16.5. The van der Waals surface area contributed by atoms with Gasteiger partial charge in [0.05, 0.1) is 31.0 Å². The molecule has 0 aliphatic carbocycles. The third kappa shape index (κ3) is 5.17. The molecular formula is C25H24N4O4. The maximum atomic E-state index is 12.9. The van der Waals surface area contributed by atoms with E-state index < -0.39 is 5.92 Å². The maximum Gasteiger partial charge on any atom is 0.251 e. The molecule has 3 amide bonds. The highest BCUT2D eigenvalue weighted by Gasteiger charge is 2.36. The minimum absolute atomic E-state index is 0.105. The number of methoxy groups -OCH3 is 1. The first-order valence-corrected chi connectivity index (χ1v) is 10.6. The van der Waals surface area contributed by atoms with Gasteiger partial charge in [-0.05, 0) is 42.5 Å². The van der Waals surface area contributed by atoms with Crippen LogP contribution in [0.4, 0.5) is 11.4 Å². The number of aromatic nitrogens is 1. The van der Waals surface area contributed by atoms with Gasteiger partial charge in [0.25, 0.3) is 5.91 Å². The van der Waals surface area contributed by atoms with Gasteiger partial charge in [-0.2, -0.15) is 0 Å². The number of carbonyl (C=O) groups is 3. The second-order valence-electron chi connectivity index (χ2n) is 7.65. The van der Waals surface area contributed by atoms with Crippen LogP contribution in [0.1, 0.15) is 22.5 Å². The van der Waals surface area contributed by atoms with Crippen LogP contribution in [0.15, 0.2) is 72.9 Å². The smallest absolute Gasteiger partial charge is 0.251 e. The normalized spacial score (nSPS) is 15.2. The summed E-state index contributed by atoms with van der Waals surface area (Å²) in [6.07, 6.45) is 1.77. The van der Waals surface area contributed by atoms with Gasteiger partial charge in [0.1, 0.15) is 5.75 Å². The zero-order chi connectivity index (χ0) is 23.2. The minimum atomic E-state index is -0.510. The standard InChI is InChI=1S/C25H24N4O4/c1-33-22-11-3-2-10-21(22)29-16-18(14-23(29)30)25(32)28-19-9-6-7-17(13-19)24(31)27-15-20-8-4-5-12-26-20/h2-13,18H,14-16H2,1H3,(H,27,31)(H,28,32). The van der Waals surface area contributed by atoms with Gasteiger partial charge in [0.15, 0.2) is 0 Å². The van der Waals surface area contributed by atoms with Crippen molar-refractivity contribution in [3.63, 3.8) is 0 Å². The van der Waals surface area contributed by atoms with E-state index in [1.54, 1.807) is 54.6 Å². The van der Waals surface area contributed by atoms with Gasteiger partial charge < -0.3 is 20.3 Å². The van der Waals surface area contributed by atoms with Crippen molar-refractivity contribution >= 4 is 29.1 Å². The molecule has 0 bridgehead atoms. The second kappa shape index (κ2) is 9.95. The van der Waals surface area contributed by atoms with E-state index >= 15 is 0 Å². The van der Waals surface area contributed by atoms with Crippen LogP contribution >= 0.6 is 0 Å². The van der Waals surface area contributed by atoms with Crippen molar-refractivity contribution in [2.24, 2.45) is 5.92 Å². The fourth-order valence-corrected chi connectivity index (χ4v) is 3.73. The summed E-state index contributed by atoms with van der Waals surface area (Å²) in [6, 6.07) is 19.4. The first-order chi connectivity index (χ1) is 16.0. The number of nitrogens with zero attached hydrogens (tertiary/aromatic N) is 2. The minimum Gasteiger partial charge on any atom is -0.495 e. The van der Waals surface area contributed by atoms with E-state index in [2.05, 4.69) is 15.6 Å². The number of anilines is 2. The Hall–Kier alpha value is -4.20. The van der Waals surface area contributed by atoms with Crippen LogP contribution in [-0.4, -0.2) is 36.4 Å². The summed E-state index contributed by atoms with van der Waals surface area (Å²) in [6.45, 7) is 0.564. The van der Waals surface area contributed by atoms with Crippen molar-refractivity contribution in [3.05, 3.63) is 84.2 Å². The van der Waals surface area contributed by atoms with E-state index in [1.165, 1.54) is 0 Å². The average Bonchev–Trinajstić information content (AvgIpc) is 3.25. The largest absolute Gasteiger partial charge is 0.495 e. The molecular weight excluding hydrogens is 420 g/mol. The number of ether oxygens (including phenoxy) is 1. The monoisotopic (exact) mass is 444 g/mol. The summed E-state index contributed by atoms with van der Waals surface area (Å²) in [4.78, 5) is 43.7. The molecule has 168 valence electrons. The molecule has 3 aromatic rings. The number of amides is 3. The Kier molecular flexibility index (Phi) is 6.64. The van der Waals surface area contributed by atoms with Crippen molar-refractivity contribution in [3.8, 4) is 5.75 Å². The van der Waals surface area contributed by atoms with Gasteiger partial charge in [0.2, 0.25) is 11.8 Å². The van der Waals surface area contributed by atoms with Crippen LogP contribution < -0.4 is 20.3 Å². The molecule has 1 saturated heterocycles. The van der Waals surface area contributed by atoms with E-state index in [1.807, 2.05) is 30.3 Å². The van der Waals surface area contributed by atoms with E-state index in [0.717, 1.165) is 5.69 Å². The number of hydrogen-bond donors (Lipinski definition) is 2. The summed E-state index contributed by atoms with van der Waals surface area (Å²) in [5.41, 5.74) is 2.31. The fourth-order valence-electron chi connectivity index (χ4n) is 3.73. The maximum absolute atomic E-state index is 12.9. The quantitative estimate of drug-likeness (QED) is 0.584. The molecule has 1 fully saturated rings. The van der Waals surface area contributed by atoms with Crippen molar-refractivity contribution in [1.82, 2.24) is 10.3 Å². The van der Waals surface area contributed by atoms with Gasteiger partial charge in [-0.3, -0.25) is 19.4 Å². The third-order valence-corrected chi connectivity index (χ3v) is 5.42. The predicted molar refractivity (Wildman–Crippen MR) is 124 cm³/mol. The number of benzene rings is 2. The number of nitrogens with one attached hydrogen (secondary N) is 2. The van der Waals surface area contributed by atoms with Crippen LogP contribution in [0.2, 0.25) is 0 Å². The zero-order valence-electron chi connectivity index (χ0n) is 18.2. The Bertz CT molecular complexity index is 1170. The van der Waals surface area contributed by atoms with Crippen molar-refractivity contribution in [2.45, 2.75) is 13.0 Å². The molecule has 0 spiro atoms. The van der Waals surface area contributed by atoms with E-state index in [4.69, 9.17) is 4.74 Å². The van der Waals surface area contributed by atoms with Crippen LogP contribution in [0, 0.1) is 5.92 Å². The van der Waals surface area contributed by atoms with Gasteiger partial charge in [-0.25, -0.2) is 0 Å². The molecule has 2 N–H and O–H groups in total. The summed E-state index contributed by atoms with van der Waals surface area (Å²) >= 11 is 0. The summed E-state index contributed by atoms with van der Waals surface area (Å²) < 4.78 is 5.34. The lowest BCUT2D eigenvalue weighted by Crippen LogP contribution is -2.28. The van der Waals surface area contributed by atoms with E-state index in [0.29, 0.717) is 29.2 Å². The van der Waals surface area contributed by atoms with Gasteiger partial charge >= 0.3 is 0 Å². The van der Waals surface area contributed by atoms with Crippen molar-refractivity contribution in [2.75, 3.05) is 23.9 Å². The topological polar surface area (TPSA) is 101 Å². The van der Waals surface area contributed by atoms with Crippen LogP contribution in [-0.2, 0) is 16.1 Å². The zero-order valence-corrected chi connectivity index (χ0v) is 18.2. The molecule has 2 heterocycles. The number of para-hydroxylation sites is 2. The molecule has 4 rings (SSSR count). The van der Waals surface area contributed by atoms with E-state index in [9.17, 15) is 14.4 Å². The Morgan fingerprint density at radius 3 is 2.70 bits per heavy atom. The molecule has 1 unspecified atom stereocenters. The highest BCUT2D eigenvalue weighted by Crippen LogP contribution is 2.33. The predicted octanol–water partition coefficient (Wildman–Crippen LogP) is 3.01. The Labute approximate surface area is 191 Å². The number of carbonyl (C=O) groups excluding carboxylic acids is 3. The summed E-state index contributed by atoms with van der Waals surface area (Å²) in [7, 11) is 1.54. The third-order valence-electron chi connectivity index (χ3n) is 5.42. The highest BCUT2D eigenvalue weighted by molar-refractivity contribution is 6.04. The lowest BCUT2D eigenvalue weighted by atomic mass is 10.1. The lowest BCUT2D eigenvalue weighted by molar-refractivity contribution is -0.122. The van der Waals surface area contributed by atoms with Crippen molar-refractivity contribution < 1.29 is 19.1 Å². The molecule has 0 saturated carbocycles. The second-order valence-corrected chi connectivity index (χ2v) is 7.65. The Morgan fingerprint density at radius 2 is 1.91 bits per heavy atom. The van der Waals surface area contributed by atoms with Crippen LogP contribution in [0.3, 0.4) is 0 Å². The van der Waals surface area contributed by atoms with Crippen LogP contribution in [0.25, 0.3) is 0 Å². The van der Waals surface area contributed by atoms with Gasteiger partial charge in [-0.15, -0.1) is 0 Å². The van der Waals surface area contributed by atoms with Gasteiger partial charge in [-0.1, -0.05) is 24.3 Å². The van der Waals surface area contributed by atoms with Gasteiger partial charge in [0, 0.05) is 30.4 Å². The average molecular weight is 444 g/mol. The van der Waals surface area contributed by atoms with E-state index in [-0.39, 0.29) is 30.7 Å². The summed E-state index contributed by atoms with van der Waals surface area (Å²) in [5.74, 6) is -0.607. The molecule has 8 heteroatoms. The molecule has 1 atom stereocenters. The molecule has 2 aromatic carbocycles. The molecule has 1 aliphatic heterocycles. The van der Waals surface area contributed by atoms with Crippen LogP contribution in [0.5, 0.6) is 5.75 Å². The Balaban J connectivity index is 1.38. The molecule has 33 heavy (non-hydrogen) atoms. The molecule has 1 aromatic heterocycles. The number of hydrogen-bond acceptors (Lipinski definition) is 5. The first-order valence-electron chi connectivity index (χ1n) is 10.6.